The zero-order chi connectivity index (χ0) is 20.1. The van der Waals surface area contributed by atoms with Crippen LogP contribution in [-0.4, -0.2) is 53.9 Å². The van der Waals surface area contributed by atoms with Gasteiger partial charge in [-0.15, -0.1) is 11.3 Å². The minimum atomic E-state index is -0.192. The second-order valence-electron chi connectivity index (χ2n) is 7.45. The molecule has 1 aliphatic heterocycles. The second kappa shape index (κ2) is 9.24. The topological polar surface area (TPSA) is 77.2 Å². The number of piperidine rings is 1. The molecule has 1 aromatic carbocycles. The van der Waals surface area contributed by atoms with Crippen LogP contribution in [0.4, 0.5) is 0 Å². The molecule has 0 bridgehead atoms. The van der Waals surface area contributed by atoms with Crippen LogP contribution in [0.5, 0.6) is 0 Å². The Bertz CT molecular complexity index is 958. The minimum absolute atomic E-state index is 0.0253. The van der Waals surface area contributed by atoms with E-state index >= 15 is 0 Å². The SMILES string of the molecule is O=C(CNC(=O)c1cccs1)NC1CCN(CCc2c[nH]c3ccccc23)CC1. The van der Waals surface area contributed by atoms with Crippen LogP contribution >= 0.6 is 11.3 Å². The Morgan fingerprint density at radius 2 is 1.97 bits per heavy atom. The molecule has 1 saturated heterocycles. The summed E-state index contributed by atoms with van der Waals surface area (Å²) in [5.41, 5.74) is 2.55. The molecule has 0 aliphatic carbocycles. The van der Waals surface area contributed by atoms with E-state index in [1.165, 1.54) is 27.8 Å². The number of likely N-dealkylation sites (tertiary alicyclic amines) is 1. The van der Waals surface area contributed by atoms with Crippen molar-refractivity contribution in [1.82, 2.24) is 20.5 Å². The molecule has 1 aliphatic rings. The lowest BCUT2D eigenvalue weighted by Gasteiger charge is -2.32. The van der Waals surface area contributed by atoms with Gasteiger partial charge < -0.3 is 20.5 Å². The number of nitrogens with zero attached hydrogens (tertiary/aromatic N) is 1. The monoisotopic (exact) mass is 410 g/mol. The van der Waals surface area contributed by atoms with E-state index in [9.17, 15) is 9.59 Å². The number of H-pyrrole nitrogens is 1. The standard InChI is InChI=1S/C22H26N4O2S/c27-21(15-24-22(28)20-6-3-13-29-20)25-17-8-11-26(12-9-17)10-7-16-14-23-19-5-2-1-4-18(16)19/h1-6,13-14,17,23H,7-12,15H2,(H,24,28)(H,25,27). The van der Waals surface area contributed by atoms with Crippen LogP contribution in [0.3, 0.4) is 0 Å². The quantitative estimate of drug-likeness (QED) is 0.561. The Balaban J connectivity index is 1.16. The summed E-state index contributed by atoms with van der Waals surface area (Å²) in [5.74, 6) is -0.311. The first-order valence-electron chi connectivity index (χ1n) is 10.1. The lowest BCUT2D eigenvalue weighted by molar-refractivity contribution is -0.121. The molecule has 0 spiro atoms. The fourth-order valence-corrected chi connectivity index (χ4v) is 4.49. The lowest BCUT2D eigenvalue weighted by Crippen LogP contribution is -2.47. The number of para-hydroxylation sites is 1. The second-order valence-corrected chi connectivity index (χ2v) is 8.40. The molecule has 0 atom stereocenters. The number of nitrogens with one attached hydrogen (secondary N) is 3. The van der Waals surface area contributed by atoms with Gasteiger partial charge in [-0.05, 0) is 42.3 Å². The average Bonchev–Trinajstić information content (AvgIpc) is 3.42. The van der Waals surface area contributed by atoms with Crippen LogP contribution in [-0.2, 0) is 11.2 Å². The maximum absolute atomic E-state index is 12.1. The predicted molar refractivity (Wildman–Crippen MR) is 116 cm³/mol. The number of aromatic nitrogens is 1. The molecular formula is C22H26N4O2S. The van der Waals surface area contributed by atoms with E-state index in [-0.39, 0.29) is 24.4 Å². The third kappa shape index (κ3) is 5.05. The fourth-order valence-electron chi connectivity index (χ4n) is 3.85. The van der Waals surface area contributed by atoms with E-state index < -0.39 is 0 Å². The van der Waals surface area contributed by atoms with Crippen LogP contribution < -0.4 is 10.6 Å². The van der Waals surface area contributed by atoms with Gasteiger partial charge in [0.15, 0.2) is 0 Å². The molecule has 3 aromatic rings. The normalized spacial score (nSPS) is 15.4. The molecule has 152 valence electrons. The van der Waals surface area contributed by atoms with Crippen molar-refractivity contribution in [1.29, 1.82) is 0 Å². The summed E-state index contributed by atoms with van der Waals surface area (Å²) in [6.07, 6.45) is 5.02. The highest BCUT2D eigenvalue weighted by molar-refractivity contribution is 7.12. The summed E-state index contributed by atoms with van der Waals surface area (Å²) >= 11 is 1.37. The summed E-state index contributed by atoms with van der Waals surface area (Å²) in [4.78, 5) is 30.5. The van der Waals surface area contributed by atoms with Crippen molar-refractivity contribution in [3.63, 3.8) is 0 Å². The van der Waals surface area contributed by atoms with E-state index in [0.717, 1.165) is 38.9 Å². The maximum atomic E-state index is 12.1. The van der Waals surface area contributed by atoms with Crippen LogP contribution in [0.25, 0.3) is 10.9 Å². The number of hydrogen-bond donors (Lipinski definition) is 3. The Morgan fingerprint density at radius 3 is 2.76 bits per heavy atom. The Kier molecular flexibility index (Phi) is 6.27. The highest BCUT2D eigenvalue weighted by Gasteiger charge is 2.21. The molecule has 2 aromatic heterocycles. The minimum Gasteiger partial charge on any atom is -0.361 e. The number of thiophene rings is 1. The number of carbonyl (C=O) groups is 2. The Labute approximate surface area is 174 Å². The van der Waals surface area contributed by atoms with Crippen molar-refractivity contribution in [2.75, 3.05) is 26.2 Å². The Hall–Kier alpha value is -2.64. The number of fused-ring (bicyclic) bond motifs is 1. The number of hydrogen-bond acceptors (Lipinski definition) is 4. The first kappa shape index (κ1) is 19.7. The van der Waals surface area contributed by atoms with Gasteiger partial charge in [0, 0.05) is 42.8 Å². The van der Waals surface area contributed by atoms with Gasteiger partial charge in [-0.2, -0.15) is 0 Å². The third-order valence-corrected chi connectivity index (χ3v) is 6.35. The first-order valence-corrected chi connectivity index (χ1v) is 11.0. The van der Waals surface area contributed by atoms with E-state index in [4.69, 9.17) is 0 Å². The van der Waals surface area contributed by atoms with Gasteiger partial charge in [-0.25, -0.2) is 0 Å². The van der Waals surface area contributed by atoms with Crippen molar-refractivity contribution in [3.8, 4) is 0 Å². The summed E-state index contributed by atoms with van der Waals surface area (Å²) in [7, 11) is 0. The number of carbonyl (C=O) groups excluding carboxylic acids is 2. The van der Waals surface area contributed by atoms with E-state index in [1.807, 2.05) is 11.4 Å². The molecule has 0 radical (unpaired) electrons. The highest BCUT2D eigenvalue weighted by Crippen LogP contribution is 2.19. The number of benzene rings is 1. The molecule has 4 rings (SSSR count). The van der Waals surface area contributed by atoms with Gasteiger partial charge >= 0.3 is 0 Å². The number of aromatic amines is 1. The zero-order valence-electron chi connectivity index (χ0n) is 16.3. The number of amides is 2. The summed E-state index contributed by atoms with van der Waals surface area (Å²) in [6.45, 7) is 3.01. The fraction of sp³-hybridized carbons (Fsp3) is 0.364. The Morgan fingerprint density at radius 1 is 1.14 bits per heavy atom. The third-order valence-electron chi connectivity index (χ3n) is 5.48. The maximum Gasteiger partial charge on any atom is 0.261 e. The molecule has 6 nitrogen and oxygen atoms in total. The van der Waals surface area contributed by atoms with Crippen LogP contribution in [0, 0.1) is 0 Å². The van der Waals surface area contributed by atoms with Crippen molar-refractivity contribution in [2.24, 2.45) is 0 Å². The molecule has 7 heteroatoms. The lowest BCUT2D eigenvalue weighted by atomic mass is 10.0. The van der Waals surface area contributed by atoms with Crippen molar-refractivity contribution in [2.45, 2.75) is 25.3 Å². The molecular weight excluding hydrogens is 384 g/mol. The summed E-state index contributed by atoms with van der Waals surface area (Å²) in [5, 5.41) is 8.89. The van der Waals surface area contributed by atoms with E-state index in [2.05, 4.69) is 51.0 Å². The summed E-state index contributed by atoms with van der Waals surface area (Å²) < 4.78 is 0. The smallest absolute Gasteiger partial charge is 0.261 e. The molecule has 0 unspecified atom stereocenters. The van der Waals surface area contributed by atoms with Gasteiger partial charge in [0.2, 0.25) is 5.91 Å². The van der Waals surface area contributed by atoms with Gasteiger partial charge in [0.1, 0.15) is 0 Å². The van der Waals surface area contributed by atoms with Crippen molar-refractivity contribution in [3.05, 3.63) is 58.4 Å². The molecule has 3 N–H and O–H groups in total. The van der Waals surface area contributed by atoms with Crippen molar-refractivity contribution >= 4 is 34.1 Å². The molecule has 0 saturated carbocycles. The van der Waals surface area contributed by atoms with Crippen LogP contribution in [0.15, 0.2) is 48.0 Å². The van der Waals surface area contributed by atoms with Gasteiger partial charge in [-0.3, -0.25) is 9.59 Å². The van der Waals surface area contributed by atoms with E-state index in [1.54, 1.807) is 6.07 Å². The highest BCUT2D eigenvalue weighted by atomic mass is 32.1. The van der Waals surface area contributed by atoms with E-state index in [0.29, 0.717) is 4.88 Å². The molecule has 29 heavy (non-hydrogen) atoms. The number of rotatable bonds is 7. The van der Waals surface area contributed by atoms with Crippen LogP contribution in [0.2, 0.25) is 0 Å². The average molecular weight is 411 g/mol. The van der Waals surface area contributed by atoms with Gasteiger partial charge in [-0.1, -0.05) is 24.3 Å². The molecule has 3 heterocycles. The van der Waals surface area contributed by atoms with Crippen molar-refractivity contribution < 1.29 is 9.59 Å². The largest absolute Gasteiger partial charge is 0.361 e. The summed E-state index contributed by atoms with van der Waals surface area (Å²) in [6, 6.07) is 12.2. The molecule has 1 fully saturated rings. The zero-order valence-corrected chi connectivity index (χ0v) is 17.1. The first-order chi connectivity index (χ1) is 14.2. The molecule has 2 amide bonds. The van der Waals surface area contributed by atoms with Gasteiger partial charge in [0.25, 0.3) is 5.91 Å². The van der Waals surface area contributed by atoms with Crippen LogP contribution in [0.1, 0.15) is 28.1 Å². The van der Waals surface area contributed by atoms with Gasteiger partial charge in [0.05, 0.1) is 11.4 Å². The predicted octanol–water partition coefficient (Wildman–Crippen LogP) is 2.78.